The van der Waals surface area contributed by atoms with Gasteiger partial charge in [-0.3, -0.25) is 5.84 Å². The summed E-state index contributed by atoms with van der Waals surface area (Å²) in [5.74, 6) is 4.67. The molecule has 0 atom stereocenters. The molecule has 0 radical (unpaired) electrons. The van der Waals surface area contributed by atoms with Crippen molar-refractivity contribution in [1.29, 1.82) is 5.26 Å². The lowest BCUT2D eigenvalue weighted by molar-refractivity contribution is 0.824. The minimum atomic E-state index is 0. The quantitative estimate of drug-likeness (QED) is 0.224. The van der Waals surface area contributed by atoms with Crippen molar-refractivity contribution >= 4 is 0 Å². The molecule has 0 rings (SSSR count). The van der Waals surface area contributed by atoms with Crippen molar-refractivity contribution < 1.29 is 5.48 Å². The van der Waals surface area contributed by atoms with Gasteiger partial charge in [-0.1, -0.05) is 0 Å². The molecule has 0 unspecified atom stereocenters. The van der Waals surface area contributed by atoms with Crippen LogP contribution in [0.3, 0.4) is 0 Å². The Morgan fingerprint density at radius 2 is 2.33 bits per heavy atom. The SMILES string of the molecule is N#CCNN.O. The first-order valence-corrected chi connectivity index (χ1v) is 1.22. The van der Waals surface area contributed by atoms with Crippen molar-refractivity contribution in [3.8, 4) is 6.07 Å². The van der Waals surface area contributed by atoms with Gasteiger partial charge < -0.3 is 5.48 Å². The molecule has 0 aromatic rings. The van der Waals surface area contributed by atoms with Crippen LogP contribution in [-0.2, 0) is 0 Å². The molecule has 0 fully saturated rings. The van der Waals surface area contributed by atoms with Gasteiger partial charge in [-0.15, -0.1) is 0 Å². The Kier molecular flexibility index (Phi) is 13.3. The van der Waals surface area contributed by atoms with Gasteiger partial charge in [-0.25, -0.2) is 5.43 Å². The first-order chi connectivity index (χ1) is 2.41. The first kappa shape index (κ1) is 9.03. The Balaban J connectivity index is 0. The summed E-state index contributed by atoms with van der Waals surface area (Å²) >= 11 is 0. The van der Waals surface area contributed by atoms with Crippen molar-refractivity contribution in [2.75, 3.05) is 6.54 Å². The highest BCUT2D eigenvalue weighted by Gasteiger charge is 1.60. The van der Waals surface area contributed by atoms with E-state index < -0.39 is 0 Å². The Morgan fingerprint density at radius 1 is 1.83 bits per heavy atom. The van der Waals surface area contributed by atoms with Crippen LogP contribution in [0.25, 0.3) is 0 Å². The largest absolute Gasteiger partial charge is 0.412 e. The smallest absolute Gasteiger partial charge is 0.0969 e. The van der Waals surface area contributed by atoms with Gasteiger partial charge >= 0.3 is 0 Å². The van der Waals surface area contributed by atoms with Crippen molar-refractivity contribution in [2.45, 2.75) is 0 Å². The molecular weight excluding hydrogens is 82.0 g/mol. The summed E-state index contributed by atoms with van der Waals surface area (Å²) in [6.07, 6.45) is 0. The topological polar surface area (TPSA) is 93.3 Å². The molecule has 0 aromatic heterocycles. The van der Waals surface area contributed by atoms with Gasteiger partial charge in [-0.05, 0) is 0 Å². The van der Waals surface area contributed by atoms with E-state index in [0.29, 0.717) is 0 Å². The van der Waals surface area contributed by atoms with Gasteiger partial charge in [0.2, 0.25) is 0 Å². The summed E-state index contributed by atoms with van der Waals surface area (Å²) in [5.41, 5.74) is 2.16. The summed E-state index contributed by atoms with van der Waals surface area (Å²) in [6.45, 7) is 0.222. The molecule has 0 aliphatic heterocycles. The number of nitriles is 1. The van der Waals surface area contributed by atoms with Gasteiger partial charge in [0.1, 0.15) is 0 Å². The van der Waals surface area contributed by atoms with E-state index in [4.69, 9.17) is 5.26 Å². The molecule has 0 aromatic carbocycles. The van der Waals surface area contributed by atoms with Gasteiger partial charge in [0.15, 0.2) is 0 Å². The van der Waals surface area contributed by atoms with Crippen LogP contribution < -0.4 is 11.3 Å². The fourth-order valence-electron chi connectivity index (χ4n) is 0.0456. The molecule has 0 aliphatic carbocycles. The summed E-state index contributed by atoms with van der Waals surface area (Å²) in [7, 11) is 0. The van der Waals surface area contributed by atoms with E-state index in [1.54, 1.807) is 6.07 Å². The van der Waals surface area contributed by atoms with Crippen molar-refractivity contribution in [3.63, 3.8) is 0 Å². The maximum atomic E-state index is 7.67. The third-order valence-electron chi connectivity index (χ3n) is 0.181. The van der Waals surface area contributed by atoms with Crippen LogP contribution >= 0.6 is 0 Å². The van der Waals surface area contributed by atoms with Crippen LogP contribution in [0, 0.1) is 11.3 Å². The molecule has 0 aliphatic rings. The second kappa shape index (κ2) is 8.84. The Morgan fingerprint density at radius 3 is 2.33 bits per heavy atom. The molecule has 5 N–H and O–H groups in total. The number of nitrogens with one attached hydrogen (secondary N) is 1. The molecule has 0 bridgehead atoms. The van der Waals surface area contributed by atoms with Crippen molar-refractivity contribution in [3.05, 3.63) is 0 Å². The maximum Gasteiger partial charge on any atom is 0.0969 e. The Hall–Kier alpha value is -0.630. The summed E-state index contributed by atoms with van der Waals surface area (Å²) in [5, 5.41) is 7.67. The van der Waals surface area contributed by atoms with E-state index >= 15 is 0 Å². The van der Waals surface area contributed by atoms with Crippen LogP contribution in [-0.4, -0.2) is 12.0 Å². The van der Waals surface area contributed by atoms with E-state index in [0.717, 1.165) is 0 Å². The van der Waals surface area contributed by atoms with E-state index in [-0.39, 0.29) is 12.0 Å². The van der Waals surface area contributed by atoms with E-state index in [9.17, 15) is 0 Å². The molecule has 6 heavy (non-hydrogen) atoms. The fourth-order valence-corrected chi connectivity index (χ4v) is 0.0456. The Labute approximate surface area is 35.8 Å². The lowest BCUT2D eigenvalue weighted by atomic mass is 10.8. The van der Waals surface area contributed by atoms with E-state index in [1.807, 2.05) is 0 Å². The molecule has 0 saturated carbocycles. The first-order valence-electron chi connectivity index (χ1n) is 1.22. The van der Waals surface area contributed by atoms with Crippen LogP contribution in [0.2, 0.25) is 0 Å². The summed E-state index contributed by atoms with van der Waals surface area (Å²) < 4.78 is 0. The number of nitrogens with zero attached hydrogens (tertiary/aromatic N) is 1. The number of hydrogen-bond acceptors (Lipinski definition) is 3. The van der Waals surface area contributed by atoms with Gasteiger partial charge in [0.05, 0.1) is 12.6 Å². The zero-order valence-corrected chi connectivity index (χ0v) is 3.23. The Bertz CT molecular complexity index is 47.2. The third-order valence-corrected chi connectivity index (χ3v) is 0.181. The standard InChI is InChI=1S/C2H5N3.H2O/c3-1-2-5-4;/h5H,2,4H2;1H2. The predicted octanol–water partition coefficient (Wildman–Crippen LogP) is -1.85. The third kappa shape index (κ3) is 10.1. The summed E-state index contributed by atoms with van der Waals surface area (Å²) in [6, 6.07) is 1.78. The number of hydrazine groups is 1. The lowest BCUT2D eigenvalue weighted by Crippen LogP contribution is -2.21. The molecule has 4 heteroatoms. The average Bonchev–Trinajstić information content (AvgIpc) is 1.41. The number of hydrogen-bond donors (Lipinski definition) is 2. The molecular formula is C2H7N3O. The molecule has 0 saturated heterocycles. The predicted molar refractivity (Wildman–Crippen MR) is 21.4 cm³/mol. The highest BCUT2D eigenvalue weighted by Crippen LogP contribution is 1.34. The molecule has 4 nitrogen and oxygen atoms in total. The van der Waals surface area contributed by atoms with Gasteiger partial charge in [-0.2, -0.15) is 5.26 Å². The van der Waals surface area contributed by atoms with Crippen molar-refractivity contribution in [1.82, 2.24) is 5.43 Å². The molecule has 36 valence electrons. The van der Waals surface area contributed by atoms with Crippen molar-refractivity contribution in [2.24, 2.45) is 5.84 Å². The van der Waals surface area contributed by atoms with Crippen LogP contribution in [0.1, 0.15) is 0 Å². The maximum absolute atomic E-state index is 7.67. The van der Waals surface area contributed by atoms with E-state index in [2.05, 4.69) is 11.3 Å². The zero-order valence-electron chi connectivity index (χ0n) is 3.23. The molecule has 0 amide bonds. The number of rotatable bonds is 1. The second-order valence-electron chi connectivity index (χ2n) is 0.539. The monoisotopic (exact) mass is 89.1 g/mol. The average molecular weight is 89.1 g/mol. The second-order valence-corrected chi connectivity index (χ2v) is 0.539. The van der Waals surface area contributed by atoms with Gasteiger partial charge in [0.25, 0.3) is 0 Å². The normalized spacial score (nSPS) is 5.33. The van der Waals surface area contributed by atoms with Crippen LogP contribution in [0.15, 0.2) is 0 Å². The van der Waals surface area contributed by atoms with Crippen LogP contribution in [0.5, 0.6) is 0 Å². The minimum absolute atomic E-state index is 0. The van der Waals surface area contributed by atoms with E-state index in [1.165, 1.54) is 0 Å². The zero-order chi connectivity index (χ0) is 4.12. The number of nitrogens with two attached hydrogens (primary N) is 1. The highest BCUT2D eigenvalue weighted by atomic mass is 16.0. The lowest BCUT2D eigenvalue weighted by Gasteiger charge is -1.74. The molecule has 0 heterocycles. The highest BCUT2D eigenvalue weighted by molar-refractivity contribution is 4.69. The molecule has 0 spiro atoms. The minimum Gasteiger partial charge on any atom is -0.412 e. The van der Waals surface area contributed by atoms with Gasteiger partial charge in [0, 0.05) is 0 Å². The summed E-state index contributed by atoms with van der Waals surface area (Å²) in [4.78, 5) is 0. The fraction of sp³-hybridized carbons (Fsp3) is 0.500. The van der Waals surface area contributed by atoms with Crippen LogP contribution in [0.4, 0.5) is 0 Å².